The first-order chi connectivity index (χ1) is 13.4. The zero-order valence-corrected chi connectivity index (χ0v) is 14.6. The molecule has 1 heterocycles. The van der Waals surface area contributed by atoms with E-state index in [1.807, 2.05) is 0 Å². The van der Waals surface area contributed by atoms with Crippen molar-refractivity contribution >= 4 is 34.8 Å². The number of aliphatic hydroxyl groups is 1. The first-order valence-electron chi connectivity index (χ1n) is 8.41. The molecule has 142 valence electrons. The van der Waals surface area contributed by atoms with Crippen LogP contribution in [0, 0.1) is 0 Å². The Hall–Kier alpha value is -3.36. The molecule has 4 rings (SSSR count). The van der Waals surface area contributed by atoms with Gasteiger partial charge in [-0.3, -0.25) is 19.2 Å². The summed E-state index contributed by atoms with van der Waals surface area (Å²) >= 11 is 0. The Labute approximate surface area is 158 Å². The van der Waals surface area contributed by atoms with Gasteiger partial charge < -0.3 is 19.3 Å². The number of Topliss-reactive ketones (excluding diaryl/α,β-unsaturated/α-hetero) is 2. The van der Waals surface area contributed by atoms with Crippen molar-refractivity contribution in [3.63, 3.8) is 0 Å². The second-order valence-electron chi connectivity index (χ2n) is 6.35. The average molecular weight is 382 g/mol. The molecule has 28 heavy (non-hydrogen) atoms. The van der Waals surface area contributed by atoms with Gasteiger partial charge in [0.2, 0.25) is 6.29 Å². The largest absolute Gasteiger partial charge is 0.437 e. The minimum Gasteiger partial charge on any atom is -0.437 e. The predicted octanol–water partition coefficient (Wildman–Crippen LogP) is 1.68. The highest BCUT2D eigenvalue weighted by atomic mass is 16.7. The van der Waals surface area contributed by atoms with Gasteiger partial charge in [-0.25, -0.2) is 0 Å². The van der Waals surface area contributed by atoms with E-state index in [2.05, 4.69) is 0 Å². The summed E-state index contributed by atoms with van der Waals surface area (Å²) in [5, 5.41) is 11.3. The SMILES string of the molecule is CC(=O)Oc1c2c(cc3ccccc13)C(=O)C1=C(C2=O)C(O)OC(OC=O)C1. The van der Waals surface area contributed by atoms with E-state index < -0.39 is 30.1 Å². The first-order valence-corrected chi connectivity index (χ1v) is 8.41. The molecular formula is C20H14O8. The van der Waals surface area contributed by atoms with Crippen LogP contribution in [-0.4, -0.2) is 41.7 Å². The van der Waals surface area contributed by atoms with Crippen LogP contribution in [0.5, 0.6) is 5.75 Å². The number of carbonyl (C=O) groups excluding carboxylic acids is 4. The van der Waals surface area contributed by atoms with Crippen LogP contribution in [0.4, 0.5) is 0 Å². The Morgan fingerprint density at radius 2 is 2.00 bits per heavy atom. The van der Waals surface area contributed by atoms with Crippen molar-refractivity contribution in [2.75, 3.05) is 0 Å². The van der Waals surface area contributed by atoms with Crippen LogP contribution in [0.3, 0.4) is 0 Å². The Balaban J connectivity index is 1.96. The van der Waals surface area contributed by atoms with Crippen LogP contribution in [0.1, 0.15) is 34.1 Å². The van der Waals surface area contributed by atoms with Crippen LogP contribution in [0.25, 0.3) is 10.8 Å². The monoisotopic (exact) mass is 382 g/mol. The molecule has 0 saturated heterocycles. The topological polar surface area (TPSA) is 116 Å². The van der Waals surface area contributed by atoms with E-state index in [0.29, 0.717) is 10.8 Å². The van der Waals surface area contributed by atoms with E-state index >= 15 is 0 Å². The molecule has 8 nitrogen and oxygen atoms in total. The van der Waals surface area contributed by atoms with Gasteiger partial charge >= 0.3 is 5.97 Å². The molecule has 2 aromatic carbocycles. The molecule has 1 aliphatic carbocycles. The number of ketones is 2. The normalized spacial score (nSPS) is 21.2. The molecule has 0 fully saturated rings. The molecule has 2 unspecified atom stereocenters. The Morgan fingerprint density at radius 3 is 2.71 bits per heavy atom. The van der Waals surface area contributed by atoms with E-state index in [0.717, 1.165) is 0 Å². The van der Waals surface area contributed by atoms with Gasteiger partial charge in [-0.15, -0.1) is 0 Å². The molecule has 1 aliphatic heterocycles. The molecule has 0 amide bonds. The zero-order chi connectivity index (χ0) is 20.0. The lowest BCUT2D eigenvalue weighted by Crippen LogP contribution is -2.39. The van der Waals surface area contributed by atoms with Crippen molar-refractivity contribution in [3.05, 3.63) is 52.6 Å². The minimum absolute atomic E-state index is 0.00663. The van der Waals surface area contributed by atoms with E-state index in [-0.39, 0.29) is 40.9 Å². The number of rotatable bonds is 3. The number of hydrogen-bond donors (Lipinski definition) is 1. The summed E-state index contributed by atoms with van der Waals surface area (Å²) in [6.07, 6.45) is -3.11. The quantitative estimate of drug-likeness (QED) is 0.484. The third-order valence-electron chi connectivity index (χ3n) is 4.67. The maximum absolute atomic E-state index is 13.2. The van der Waals surface area contributed by atoms with Crippen LogP contribution >= 0.6 is 0 Å². The first kappa shape index (κ1) is 18.0. The van der Waals surface area contributed by atoms with Gasteiger partial charge in [0.1, 0.15) is 0 Å². The number of esters is 1. The van der Waals surface area contributed by atoms with Gasteiger partial charge in [-0.2, -0.15) is 0 Å². The van der Waals surface area contributed by atoms with Crippen molar-refractivity contribution in [1.82, 2.24) is 0 Å². The lowest BCUT2D eigenvalue weighted by Gasteiger charge is -2.32. The highest BCUT2D eigenvalue weighted by Crippen LogP contribution is 2.42. The molecule has 2 atom stereocenters. The van der Waals surface area contributed by atoms with Gasteiger partial charge in [-0.1, -0.05) is 24.3 Å². The number of hydrogen-bond acceptors (Lipinski definition) is 8. The van der Waals surface area contributed by atoms with Crippen molar-refractivity contribution in [2.24, 2.45) is 0 Å². The molecule has 0 radical (unpaired) electrons. The highest BCUT2D eigenvalue weighted by molar-refractivity contribution is 6.30. The summed E-state index contributed by atoms with van der Waals surface area (Å²) in [6.45, 7) is 1.33. The maximum Gasteiger partial charge on any atom is 0.308 e. The molecule has 0 spiro atoms. The third-order valence-corrected chi connectivity index (χ3v) is 4.67. The fraction of sp³-hybridized carbons (Fsp3) is 0.200. The van der Waals surface area contributed by atoms with E-state index in [1.165, 1.54) is 6.92 Å². The smallest absolute Gasteiger partial charge is 0.308 e. The summed E-state index contributed by atoms with van der Waals surface area (Å²) in [5.41, 5.74) is -0.285. The molecule has 0 bridgehead atoms. The summed E-state index contributed by atoms with van der Waals surface area (Å²) in [7, 11) is 0. The van der Waals surface area contributed by atoms with Crippen LogP contribution in [-0.2, 0) is 19.1 Å². The second-order valence-corrected chi connectivity index (χ2v) is 6.35. The standard InChI is InChI=1S/C20H14O8/c1-9(22)27-19-11-5-3-2-4-10(11)6-12-15(19)18(24)16-13(17(12)23)7-14(26-8-21)28-20(16)25/h2-6,8,14,20,25H,7H2,1H3. The maximum atomic E-state index is 13.2. The van der Waals surface area contributed by atoms with Gasteiger partial charge in [0.05, 0.1) is 11.1 Å². The molecule has 1 N–H and O–H groups in total. The number of carbonyl (C=O) groups is 4. The number of benzene rings is 2. The zero-order valence-electron chi connectivity index (χ0n) is 14.6. The number of ether oxygens (including phenoxy) is 3. The van der Waals surface area contributed by atoms with E-state index in [9.17, 15) is 24.3 Å². The van der Waals surface area contributed by atoms with Crippen molar-refractivity contribution in [3.8, 4) is 5.75 Å². The van der Waals surface area contributed by atoms with Gasteiger partial charge in [0.25, 0.3) is 6.47 Å². The van der Waals surface area contributed by atoms with Gasteiger partial charge in [0.15, 0.2) is 23.6 Å². The van der Waals surface area contributed by atoms with E-state index in [4.69, 9.17) is 14.2 Å². The average Bonchev–Trinajstić information content (AvgIpc) is 2.65. The summed E-state index contributed by atoms with van der Waals surface area (Å²) in [4.78, 5) is 48.5. The summed E-state index contributed by atoms with van der Waals surface area (Å²) in [6, 6.07) is 8.39. The fourth-order valence-electron chi connectivity index (χ4n) is 3.56. The molecule has 2 aromatic rings. The van der Waals surface area contributed by atoms with E-state index in [1.54, 1.807) is 30.3 Å². The molecule has 2 aliphatic rings. The fourth-order valence-corrected chi connectivity index (χ4v) is 3.56. The van der Waals surface area contributed by atoms with Crippen molar-refractivity contribution < 1.29 is 38.5 Å². The lowest BCUT2D eigenvalue weighted by atomic mass is 9.79. The molecule has 0 aromatic heterocycles. The summed E-state index contributed by atoms with van der Waals surface area (Å²) < 4.78 is 15.1. The van der Waals surface area contributed by atoms with Gasteiger partial charge in [0, 0.05) is 29.9 Å². The lowest BCUT2D eigenvalue weighted by molar-refractivity contribution is -0.210. The third kappa shape index (κ3) is 2.70. The van der Waals surface area contributed by atoms with Gasteiger partial charge in [-0.05, 0) is 11.5 Å². The Bertz CT molecular complexity index is 1080. The highest BCUT2D eigenvalue weighted by Gasteiger charge is 2.43. The molecule has 0 saturated carbocycles. The van der Waals surface area contributed by atoms with Crippen LogP contribution in [0.15, 0.2) is 41.5 Å². The number of aliphatic hydroxyl groups excluding tert-OH is 1. The number of fused-ring (bicyclic) bond motifs is 2. The second kappa shape index (κ2) is 6.66. The van der Waals surface area contributed by atoms with Crippen molar-refractivity contribution in [2.45, 2.75) is 25.9 Å². The molecular weight excluding hydrogens is 368 g/mol. The van der Waals surface area contributed by atoms with Crippen LogP contribution in [0.2, 0.25) is 0 Å². The van der Waals surface area contributed by atoms with Crippen LogP contribution < -0.4 is 4.74 Å². The Morgan fingerprint density at radius 1 is 1.25 bits per heavy atom. The molecule has 8 heteroatoms. The Kier molecular flexibility index (Phi) is 4.29. The summed E-state index contributed by atoms with van der Waals surface area (Å²) in [5.74, 6) is -1.89. The minimum atomic E-state index is -1.75. The predicted molar refractivity (Wildman–Crippen MR) is 93.6 cm³/mol. The van der Waals surface area contributed by atoms with Crippen molar-refractivity contribution in [1.29, 1.82) is 0 Å².